The maximum absolute atomic E-state index is 12.4. The molecule has 0 radical (unpaired) electrons. The molecule has 1 rings (SSSR count). The fourth-order valence-electron chi connectivity index (χ4n) is 1.48. The van der Waals surface area contributed by atoms with E-state index in [1.54, 1.807) is 0 Å². The van der Waals surface area contributed by atoms with Gasteiger partial charge in [0.1, 0.15) is 6.54 Å². The first-order valence-electron chi connectivity index (χ1n) is 5.41. The van der Waals surface area contributed by atoms with Crippen molar-refractivity contribution >= 4 is 21.5 Å². The molecular formula is C12H10F3NO4S. The number of alkyl halides is 3. The zero-order valence-electron chi connectivity index (χ0n) is 10.5. The van der Waals surface area contributed by atoms with Crippen molar-refractivity contribution in [1.29, 1.82) is 0 Å². The summed E-state index contributed by atoms with van der Waals surface area (Å²) < 4.78 is 59.5. The highest BCUT2D eigenvalue weighted by molar-refractivity contribution is 7.92. The fraction of sp³-hybridized carbons (Fsp3) is 0.250. The monoisotopic (exact) mass is 321 g/mol. The van der Waals surface area contributed by atoms with E-state index < -0.39 is 32.8 Å². The Morgan fingerprint density at radius 1 is 1.29 bits per heavy atom. The number of rotatable bonds is 5. The molecule has 0 heterocycles. The molecule has 0 unspecified atom stereocenters. The quantitative estimate of drug-likeness (QED) is 0.832. The molecule has 1 aromatic rings. The Bertz CT molecular complexity index is 659. The van der Waals surface area contributed by atoms with Gasteiger partial charge in [0.2, 0.25) is 0 Å². The highest BCUT2D eigenvalue weighted by Crippen LogP contribution is 2.31. The Balaban J connectivity index is 3.12. The largest absolute Gasteiger partial charge is 0.501 e. The maximum atomic E-state index is 12.4. The fourth-order valence-corrected chi connectivity index (χ4v) is 2.24. The molecule has 0 bridgehead atoms. The van der Waals surface area contributed by atoms with Gasteiger partial charge in [-0.25, -0.2) is 8.42 Å². The Kier molecular flexibility index (Phi) is 4.85. The summed E-state index contributed by atoms with van der Waals surface area (Å²) in [5.41, 5.74) is -5.19. The van der Waals surface area contributed by atoms with Crippen LogP contribution in [0.3, 0.4) is 0 Å². The standard InChI is InChI=1S/C12H10F3NO4S/c1-2-7-16(8-11(17)18)9-3-5-10(6-4-9)21(19,20)12(13,14)15/h1,3-6H,7-8H2,(H,17,18). The van der Waals surface area contributed by atoms with Gasteiger partial charge in [0, 0.05) is 5.69 Å². The first-order chi connectivity index (χ1) is 9.59. The second kappa shape index (κ2) is 6.05. The topological polar surface area (TPSA) is 74.7 Å². The summed E-state index contributed by atoms with van der Waals surface area (Å²) in [5, 5.41) is 8.71. The van der Waals surface area contributed by atoms with E-state index in [-0.39, 0.29) is 12.2 Å². The number of terminal acetylenes is 1. The highest BCUT2D eigenvalue weighted by Gasteiger charge is 2.46. The van der Waals surface area contributed by atoms with Gasteiger partial charge in [-0.15, -0.1) is 6.42 Å². The molecule has 1 aromatic carbocycles. The van der Waals surface area contributed by atoms with E-state index in [0.717, 1.165) is 24.3 Å². The molecule has 0 saturated heterocycles. The number of carbonyl (C=O) groups is 1. The Hall–Kier alpha value is -2.21. The van der Waals surface area contributed by atoms with Crippen molar-refractivity contribution in [3.8, 4) is 12.3 Å². The van der Waals surface area contributed by atoms with Crippen LogP contribution in [0.4, 0.5) is 18.9 Å². The van der Waals surface area contributed by atoms with E-state index >= 15 is 0 Å². The zero-order valence-corrected chi connectivity index (χ0v) is 11.3. The molecule has 21 heavy (non-hydrogen) atoms. The first kappa shape index (κ1) is 16.8. The molecule has 0 atom stereocenters. The number of hydrogen-bond acceptors (Lipinski definition) is 4. The molecule has 1 N–H and O–H groups in total. The molecule has 0 saturated carbocycles. The van der Waals surface area contributed by atoms with Crippen LogP contribution in [0, 0.1) is 12.3 Å². The SMILES string of the molecule is C#CCN(CC(=O)O)c1ccc(S(=O)(=O)C(F)(F)F)cc1. The summed E-state index contributed by atoms with van der Waals surface area (Å²) in [6, 6.07) is 3.64. The van der Waals surface area contributed by atoms with Crippen LogP contribution in [0.15, 0.2) is 29.2 Å². The second-order valence-electron chi connectivity index (χ2n) is 3.90. The van der Waals surface area contributed by atoms with Gasteiger partial charge in [0.25, 0.3) is 9.84 Å². The van der Waals surface area contributed by atoms with Gasteiger partial charge in [0.15, 0.2) is 0 Å². The molecule has 0 fully saturated rings. The third kappa shape index (κ3) is 3.88. The van der Waals surface area contributed by atoms with Gasteiger partial charge in [-0.3, -0.25) is 4.79 Å². The number of benzene rings is 1. The number of halogens is 3. The number of nitrogens with zero attached hydrogens (tertiary/aromatic N) is 1. The van der Waals surface area contributed by atoms with Crippen molar-refractivity contribution in [3.05, 3.63) is 24.3 Å². The van der Waals surface area contributed by atoms with Gasteiger partial charge in [0.05, 0.1) is 11.4 Å². The lowest BCUT2D eigenvalue weighted by molar-refractivity contribution is -0.135. The average Bonchev–Trinajstić information content (AvgIpc) is 2.36. The van der Waals surface area contributed by atoms with Crippen molar-refractivity contribution in [1.82, 2.24) is 0 Å². The number of sulfone groups is 1. The third-order valence-electron chi connectivity index (χ3n) is 2.43. The molecule has 5 nitrogen and oxygen atoms in total. The zero-order chi connectivity index (χ0) is 16.3. The highest BCUT2D eigenvalue weighted by atomic mass is 32.2. The van der Waals surface area contributed by atoms with Crippen LogP contribution in [0.2, 0.25) is 0 Å². The van der Waals surface area contributed by atoms with Crippen LogP contribution in [-0.2, 0) is 14.6 Å². The number of hydrogen-bond donors (Lipinski definition) is 1. The Morgan fingerprint density at radius 2 is 1.81 bits per heavy atom. The molecule has 0 amide bonds. The summed E-state index contributed by atoms with van der Waals surface area (Å²) in [6.07, 6.45) is 5.07. The van der Waals surface area contributed by atoms with Crippen molar-refractivity contribution in [3.63, 3.8) is 0 Å². The van der Waals surface area contributed by atoms with E-state index in [0.29, 0.717) is 0 Å². The van der Waals surface area contributed by atoms with Crippen molar-refractivity contribution < 1.29 is 31.5 Å². The maximum Gasteiger partial charge on any atom is 0.501 e. The van der Waals surface area contributed by atoms with Crippen LogP contribution < -0.4 is 4.90 Å². The summed E-state index contributed by atoms with van der Waals surface area (Å²) in [6.45, 7) is -0.548. The smallest absolute Gasteiger partial charge is 0.480 e. The minimum atomic E-state index is -5.43. The summed E-state index contributed by atoms with van der Waals surface area (Å²) in [5.74, 6) is 1.02. The van der Waals surface area contributed by atoms with Gasteiger partial charge in [-0.2, -0.15) is 13.2 Å². The van der Waals surface area contributed by atoms with E-state index in [1.807, 2.05) is 0 Å². The van der Waals surface area contributed by atoms with E-state index in [4.69, 9.17) is 11.5 Å². The van der Waals surface area contributed by atoms with E-state index in [9.17, 15) is 26.4 Å². The third-order valence-corrected chi connectivity index (χ3v) is 3.93. The second-order valence-corrected chi connectivity index (χ2v) is 5.84. The van der Waals surface area contributed by atoms with Gasteiger partial charge in [-0.1, -0.05) is 5.92 Å². The molecule has 9 heteroatoms. The van der Waals surface area contributed by atoms with E-state index in [2.05, 4.69) is 5.92 Å². The minimum absolute atomic E-state index is 0.0856. The number of carboxylic acid groups (broad SMARTS) is 1. The Labute approximate surface area is 118 Å². The lowest BCUT2D eigenvalue weighted by Crippen LogP contribution is -2.30. The van der Waals surface area contributed by atoms with Crippen molar-refractivity contribution in [2.75, 3.05) is 18.0 Å². The molecule has 0 aliphatic heterocycles. The normalized spacial score (nSPS) is 11.7. The Morgan fingerprint density at radius 3 is 2.19 bits per heavy atom. The van der Waals surface area contributed by atoms with Gasteiger partial charge >= 0.3 is 11.5 Å². The van der Waals surface area contributed by atoms with Crippen LogP contribution in [-0.4, -0.2) is 38.1 Å². The molecule has 0 aliphatic carbocycles. The van der Waals surface area contributed by atoms with E-state index in [1.165, 1.54) is 4.90 Å². The van der Waals surface area contributed by atoms with Crippen molar-refractivity contribution in [2.24, 2.45) is 0 Å². The van der Waals surface area contributed by atoms with Crippen LogP contribution in [0.1, 0.15) is 0 Å². The molecule has 0 aromatic heterocycles. The first-order valence-corrected chi connectivity index (χ1v) is 6.89. The molecule has 114 valence electrons. The number of carboxylic acids is 1. The predicted octanol–water partition coefficient (Wildman–Crippen LogP) is 1.50. The van der Waals surface area contributed by atoms with Crippen LogP contribution in [0.25, 0.3) is 0 Å². The molecular weight excluding hydrogens is 311 g/mol. The summed E-state index contributed by atoms with van der Waals surface area (Å²) in [7, 11) is -5.43. The number of aliphatic carboxylic acids is 1. The van der Waals surface area contributed by atoms with Gasteiger partial charge in [-0.05, 0) is 24.3 Å². The predicted molar refractivity (Wildman–Crippen MR) is 68.4 cm³/mol. The van der Waals surface area contributed by atoms with Crippen molar-refractivity contribution in [2.45, 2.75) is 10.4 Å². The lowest BCUT2D eigenvalue weighted by atomic mass is 10.3. The summed E-state index contributed by atoms with van der Waals surface area (Å²) in [4.78, 5) is 10.9. The van der Waals surface area contributed by atoms with Crippen LogP contribution in [0.5, 0.6) is 0 Å². The number of anilines is 1. The summed E-state index contributed by atoms with van der Waals surface area (Å²) >= 11 is 0. The van der Waals surface area contributed by atoms with Gasteiger partial charge < -0.3 is 10.0 Å². The minimum Gasteiger partial charge on any atom is -0.480 e. The average molecular weight is 321 g/mol. The van der Waals surface area contributed by atoms with Crippen LogP contribution >= 0.6 is 0 Å². The molecule has 0 spiro atoms. The molecule has 0 aliphatic rings. The lowest BCUT2D eigenvalue weighted by Gasteiger charge is -2.20.